The van der Waals surface area contributed by atoms with Gasteiger partial charge in [0, 0.05) is 34.8 Å². The molecule has 0 saturated heterocycles. The number of halogens is 2. The fraction of sp³-hybridized carbons (Fsp3) is 0.286. The van der Waals surface area contributed by atoms with E-state index in [1.807, 2.05) is 31.2 Å². The van der Waals surface area contributed by atoms with E-state index in [0.29, 0.717) is 31.9 Å². The Morgan fingerprint density at radius 1 is 1.24 bits per heavy atom. The van der Waals surface area contributed by atoms with Crippen LogP contribution in [-0.2, 0) is 0 Å². The zero-order valence-electron chi connectivity index (χ0n) is 16.1. The van der Waals surface area contributed by atoms with Crippen LogP contribution < -0.4 is 10.1 Å². The van der Waals surface area contributed by atoms with E-state index < -0.39 is 5.95 Å². The molecule has 2 heterocycles. The van der Waals surface area contributed by atoms with E-state index in [4.69, 9.17) is 4.74 Å². The largest absolute Gasteiger partial charge is 0.487 e. The molecular weight excluding hydrogens is 484 g/mol. The van der Waals surface area contributed by atoms with Crippen molar-refractivity contribution in [1.82, 2.24) is 20.2 Å². The minimum Gasteiger partial charge on any atom is -0.487 e. The molecule has 3 rings (SSSR count). The van der Waals surface area contributed by atoms with Crippen molar-refractivity contribution in [2.75, 3.05) is 32.8 Å². The quantitative estimate of drug-likeness (QED) is 0.356. The summed E-state index contributed by atoms with van der Waals surface area (Å²) in [4.78, 5) is 22.5. The molecule has 0 spiro atoms. The molecule has 1 aromatic carbocycles. The molecule has 2 aromatic heterocycles. The third kappa shape index (κ3) is 6.07. The number of carbonyl (C=O) groups is 1. The van der Waals surface area contributed by atoms with Gasteiger partial charge in [0.1, 0.15) is 12.3 Å². The lowest BCUT2D eigenvalue weighted by Gasteiger charge is -2.20. The summed E-state index contributed by atoms with van der Waals surface area (Å²) in [6.45, 7) is 4.93. The highest BCUT2D eigenvalue weighted by molar-refractivity contribution is 14.1. The number of hydrogen-bond acceptors (Lipinski definition) is 5. The molecule has 0 aliphatic heterocycles. The van der Waals surface area contributed by atoms with Crippen LogP contribution in [-0.4, -0.2) is 53.6 Å². The molecule has 0 aliphatic rings. The maximum absolute atomic E-state index is 13.5. The van der Waals surface area contributed by atoms with Crippen LogP contribution >= 0.6 is 22.6 Å². The predicted octanol–water partition coefficient (Wildman–Crippen LogP) is 3.50. The Morgan fingerprint density at radius 3 is 2.90 bits per heavy atom. The second-order valence-corrected chi connectivity index (χ2v) is 7.61. The Morgan fingerprint density at radius 2 is 2.10 bits per heavy atom. The molecule has 29 heavy (non-hydrogen) atoms. The number of fused-ring (bicyclic) bond motifs is 1. The number of nitrogens with one attached hydrogen (secondary N) is 1. The van der Waals surface area contributed by atoms with Crippen molar-refractivity contribution in [1.29, 1.82) is 0 Å². The number of benzene rings is 1. The SMILES string of the molecule is CCN(CCNC(=O)c1ccc2cc([125I])ccc2n1)CCOc1cccnc1F. The predicted molar refractivity (Wildman–Crippen MR) is 119 cm³/mol. The van der Waals surface area contributed by atoms with Gasteiger partial charge in [0.05, 0.1) is 5.52 Å². The molecule has 0 aliphatic carbocycles. The van der Waals surface area contributed by atoms with Crippen LogP contribution in [0.2, 0.25) is 0 Å². The molecular formula is C21H22FIN4O2. The van der Waals surface area contributed by atoms with Crippen LogP contribution in [0.15, 0.2) is 48.7 Å². The Labute approximate surface area is 182 Å². The van der Waals surface area contributed by atoms with Crippen LogP contribution in [0.1, 0.15) is 17.4 Å². The van der Waals surface area contributed by atoms with Crippen molar-refractivity contribution in [3.8, 4) is 5.75 Å². The van der Waals surface area contributed by atoms with Gasteiger partial charge in [0.25, 0.3) is 11.9 Å². The molecule has 152 valence electrons. The number of rotatable bonds is 9. The number of likely N-dealkylation sites (N-methyl/N-ethyl adjacent to an activating group) is 1. The summed E-state index contributed by atoms with van der Waals surface area (Å²) in [5.74, 6) is -0.662. The molecule has 1 amide bonds. The normalized spacial score (nSPS) is 11.0. The van der Waals surface area contributed by atoms with E-state index in [-0.39, 0.29) is 11.7 Å². The second-order valence-electron chi connectivity index (χ2n) is 6.36. The highest BCUT2D eigenvalue weighted by atomic mass is 125. The molecule has 0 atom stereocenters. The first-order valence-electron chi connectivity index (χ1n) is 9.37. The van der Waals surface area contributed by atoms with Crippen molar-refractivity contribution < 1.29 is 13.9 Å². The summed E-state index contributed by atoms with van der Waals surface area (Å²) in [6, 6.07) is 12.7. The smallest absolute Gasteiger partial charge is 0.269 e. The first-order valence-corrected chi connectivity index (χ1v) is 10.4. The van der Waals surface area contributed by atoms with E-state index in [0.717, 1.165) is 21.0 Å². The van der Waals surface area contributed by atoms with E-state index >= 15 is 0 Å². The lowest BCUT2D eigenvalue weighted by atomic mass is 10.2. The number of carbonyl (C=O) groups excluding carboxylic acids is 1. The van der Waals surface area contributed by atoms with Gasteiger partial charge in [-0.1, -0.05) is 13.0 Å². The third-order valence-corrected chi connectivity index (χ3v) is 5.11. The van der Waals surface area contributed by atoms with Gasteiger partial charge >= 0.3 is 0 Å². The van der Waals surface area contributed by atoms with E-state index in [2.05, 4.69) is 42.8 Å². The number of ether oxygens (including phenoxy) is 1. The van der Waals surface area contributed by atoms with Crippen molar-refractivity contribution in [3.05, 3.63) is 63.9 Å². The fourth-order valence-corrected chi connectivity index (χ4v) is 3.35. The van der Waals surface area contributed by atoms with E-state index in [1.165, 1.54) is 6.20 Å². The molecule has 1 N–H and O–H groups in total. The average molecular weight is 506 g/mol. The first kappa shape index (κ1) is 21.4. The van der Waals surface area contributed by atoms with Crippen LogP contribution in [0.3, 0.4) is 0 Å². The van der Waals surface area contributed by atoms with E-state index in [1.54, 1.807) is 18.2 Å². The average Bonchev–Trinajstić information content (AvgIpc) is 2.73. The zero-order chi connectivity index (χ0) is 20.6. The summed E-state index contributed by atoms with van der Waals surface area (Å²) < 4.78 is 20.0. The van der Waals surface area contributed by atoms with Gasteiger partial charge < -0.3 is 10.1 Å². The Bertz CT molecular complexity index is 986. The van der Waals surface area contributed by atoms with E-state index in [9.17, 15) is 9.18 Å². The summed E-state index contributed by atoms with van der Waals surface area (Å²) in [5.41, 5.74) is 1.20. The third-order valence-electron chi connectivity index (χ3n) is 4.43. The van der Waals surface area contributed by atoms with Gasteiger partial charge in [-0.25, -0.2) is 9.97 Å². The number of aromatic nitrogens is 2. The lowest BCUT2D eigenvalue weighted by molar-refractivity contribution is 0.0943. The zero-order valence-corrected chi connectivity index (χ0v) is 18.2. The van der Waals surface area contributed by atoms with Crippen LogP contribution in [0.25, 0.3) is 10.9 Å². The minimum absolute atomic E-state index is 0.147. The topological polar surface area (TPSA) is 67.4 Å². The lowest BCUT2D eigenvalue weighted by Crippen LogP contribution is -2.37. The molecule has 0 saturated carbocycles. The number of nitrogens with zero attached hydrogens (tertiary/aromatic N) is 3. The van der Waals surface area contributed by atoms with Gasteiger partial charge in [-0.2, -0.15) is 4.39 Å². The monoisotopic (exact) mass is 506 g/mol. The highest BCUT2D eigenvalue weighted by Crippen LogP contribution is 2.16. The number of hydrogen-bond donors (Lipinski definition) is 1. The Balaban J connectivity index is 1.45. The molecule has 0 unspecified atom stereocenters. The van der Waals surface area contributed by atoms with Crippen molar-refractivity contribution in [2.24, 2.45) is 0 Å². The first-order chi connectivity index (χ1) is 14.1. The molecule has 8 heteroatoms. The van der Waals surface area contributed by atoms with Gasteiger partial charge in [0.15, 0.2) is 5.75 Å². The van der Waals surface area contributed by atoms with Gasteiger partial charge in [0.2, 0.25) is 0 Å². The summed E-state index contributed by atoms with van der Waals surface area (Å²) in [7, 11) is 0. The van der Waals surface area contributed by atoms with Gasteiger partial charge in [-0.3, -0.25) is 9.69 Å². The molecule has 6 nitrogen and oxygen atoms in total. The summed E-state index contributed by atoms with van der Waals surface area (Å²) in [5, 5.41) is 3.91. The summed E-state index contributed by atoms with van der Waals surface area (Å²) in [6.07, 6.45) is 1.38. The fourth-order valence-electron chi connectivity index (χ4n) is 2.83. The molecule has 3 aromatic rings. The Hall–Kier alpha value is -2.33. The maximum Gasteiger partial charge on any atom is 0.269 e. The van der Waals surface area contributed by atoms with Crippen molar-refractivity contribution in [2.45, 2.75) is 6.92 Å². The molecule has 0 fully saturated rings. The van der Waals surface area contributed by atoms with Crippen LogP contribution in [0.5, 0.6) is 5.75 Å². The number of pyridine rings is 2. The van der Waals surface area contributed by atoms with Gasteiger partial charge in [-0.05, 0) is 65.5 Å². The van der Waals surface area contributed by atoms with Crippen LogP contribution in [0, 0.1) is 9.52 Å². The van der Waals surface area contributed by atoms with Gasteiger partial charge in [-0.15, -0.1) is 0 Å². The Kier molecular flexibility index (Phi) is 7.70. The second kappa shape index (κ2) is 10.4. The minimum atomic E-state index is -0.611. The van der Waals surface area contributed by atoms with Crippen molar-refractivity contribution >= 4 is 39.4 Å². The summed E-state index contributed by atoms with van der Waals surface area (Å²) >= 11 is 2.25. The van der Waals surface area contributed by atoms with Crippen molar-refractivity contribution in [3.63, 3.8) is 0 Å². The van der Waals surface area contributed by atoms with Crippen LogP contribution in [0.4, 0.5) is 4.39 Å². The highest BCUT2D eigenvalue weighted by Gasteiger charge is 2.10. The molecule has 0 radical (unpaired) electrons. The maximum atomic E-state index is 13.5. The number of amides is 1. The molecule has 0 bridgehead atoms. The standard InChI is InChI=1S/C21H22FIN4O2/c1-2-27(12-13-29-19-4-3-9-24-20(19)22)11-10-25-21(28)18-7-5-15-14-16(23)6-8-17(15)26-18/h3-9,14H,2,10-13H2,1H3,(H,25,28)/i23-2.